The highest BCUT2D eigenvalue weighted by Crippen LogP contribution is 2.55. The van der Waals surface area contributed by atoms with Gasteiger partial charge in [0, 0.05) is 11.1 Å². The highest BCUT2D eigenvalue weighted by atomic mass is 32.2. The zero-order chi connectivity index (χ0) is 23.3. The van der Waals surface area contributed by atoms with E-state index in [0.29, 0.717) is 0 Å². The van der Waals surface area contributed by atoms with Crippen molar-refractivity contribution < 1.29 is 9.05 Å². The number of fused-ring (bicyclic) bond motifs is 2. The first-order valence-corrected chi connectivity index (χ1v) is 13.1. The first-order chi connectivity index (χ1) is 14.9. The van der Waals surface area contributed by atoms with Crippen LogP contribution in [0.25, 0.3) is 0 Å². The molecule has 1 aliphatic heterocycles. The molecule has 1 aliphatic rings. The maximum Gasteiger partial charge on any atom is 0.326 e. The van der Waals surface area contributed by atoms with Crippen LogP contribution < -0.4 is 14.4 Å². The smallest absolute Gasteiger partial charge is 0.326 e. The Bertz CT molecular complexity index is 1070. The van der Waals surface area contributed by atoms with Crippen LogP contribution in [-0.4, -0.2) is 0 Å². The Hall–Kier alpha value is -1.96. The van der Waals surface area contributed by atoms with Gasteiger partial charge in [-0.15, -0.1) is 0 Å². The van der Waals surface area contributed by atoms with Gasteiger partial charge in [0.1, 0.15) is 11.5 Å². The Kier molecular flexibility index (Phi) is 6.11. The minimum absolute atomic E-state index is 0.0421. The summed E-state index contributed by atoms with van der Waals surface area (Å²) in [7, 11) is -1.34. The minimum atomic E-state index is -1.34. The molecule has 0 saturated heterocycles. The molecule has 0 fully saturated rings. The van der Waals surface area contributed by atoms with Crippen LogP contribution in [0.5, 0.6) is 11.5 Å². The van der Waals surface area contributed by atoms with Gasteiger partial charge < -0.3 is 9.05 Å². The van der Waals surface area contributed by atoms with Crippen molar-refractivity contribution >= 4 is 25.4 Å². The molecule has 0 N–H and O–H groups in total. The van der Waals surface area contributed by atoms with E-state index in [0.717, 1.165) is 26.6 Å². The van der Waals surface area contributed by atoms with Gasteiger partial charge in [-0.3, -0.25) is 0 Å². The van der Waals surface area contributed by atoms with Crippen LogP contribution in [0, 0.1) is 13.8 Å². The highest BCUT2D eigenvalue weighted by molar-refractivity contribution is 7.99. The van der Waals surface area contributed by atoms with Crippen molar-refractivity contribution in [2.45, 2.75) is 76.0 Å². The van der Waals surface area contributed by atoms with Crippen LogP contribution in [0.4, 0.5) is 0 Å². The molecular formula is C28H33O2PS. The predicted octanol–water partition coefficient (Wildman–Crippen LogP) is 8.46. The van der Waals surface area contributed by atoms with E-state index in [2.05, 4.69) is 104 Å². The van der Waals surface area contributed by atoms with Crippen LogP contribution in [0.2, 0.25) is 0 Å². The molecule has 1 heterocycles. The van der Waals surface area contributed by atoms with Crippen LogP contribution in [0.15, 0.2) is 64.4 Å². The highest BCUT2D eigenvalue weighted by Gasteiger charge is 2.33. The van der Waals surface area contributed by atoms with Gasteiger partial charge in [0.05, 0.1) is 15.1 Å². The summed E-state index contributed by atoms with van der Waals surface area (Å²) in [6.07, 6.45) is 0. The van der Waals surface area contributed by atoms with Gasteiger partial charge in [-0.2, -0.15) is 0 Å². The maximum atomic E-state index is 6.81. The second kappa shape index (κ2) is 8.43. The van der Waals surface area contributed by atoms with Crippen molar-refractivity contribution in [1.29, 1.82) is 0 Å². The van der Waals surface area contributed by atoms with Gasteiger partial charge in [-0.25, -0.2) is 0 Å². The number of aryl methyl sites for hydroxylation is 2. The summed E-state index contributed by atoms with van der Waals surface area (Å²) in [5.74, 6) is 1.90. The summed E-state index contributed by atoms with van der Waals surface area (Å²) < 4.78 is 13.6. The molecule has 4 heteroatoms. The fourth-order valence-corrected chi connectivity index (χ4v) is 6.62. The number of rotatable bonds is 1. The molecule has 0 bridgehead atoms. The molecule has 4 rings (SSSR count). The molecule has 0 unspecified atom stereocenters. The summed E-state index contributed by atoms with van der Waals surface area (Å²) in [6.45, 7) is 17.8. The molecule has 0 amide bonds. The fourth-order valence-electron chi connectivity index (χ4n) is 3.89. The van der Waals surface area contributed by atoms with Crippen LogP contribution >= 0.6 is 20.1 Å². The lowest BCUT2D eigenvalue weighted by atomic mass is 9.85. The zero-order valence-corrected chi connectivity index (χ0v) is 22.1. The summed E-state index contributed by atoms with van der Waals surface area (Å²) in [5, 5.41) is 1.08. The fraction of sp³-hybridized carbons (Fsp3) is 0.357. The Labute approximate surface area is 198 Å². The largest absolute Gasteiger partial charge is 0.434 e. The Morgan fingerprint density at radius 3 is 1.50 bits per heavy atom. The molecule has 0 aliphatic carbocycles. The second-order valence-corrected chi connectivity index (χ2v) is 13.1. The molecule has 3 aromatic carbocycles. The van der Waals surface area contributed by atoms with E-state index in [1.165, 1.54) is 22.3 Å². The molecule has 168 valence electrons. The van der Waals surface area contributed by atoms with Crippen LogP contribution in [0.1, 0.15) is 63.8 Å². The van der Waals surface area contributed by atoms with E-state index in [1.54, 1.807) is 11.8 Å². The molecule has 32 heavy (non-hydrogen) atoms. The van der Waals surface area contributed by atoms with Gasteiger partial charge in [-0.1, -0.05) is 83.6 Å². The Morgan fingerprint density at radius 1 is 0.656 bits per heavy atom. The van der Waals surface area contributed by atoms with E-state index in [4.69, 9.17) is 9.05 Å². The van der Waals surface area contributed by atoms with Crippen molar-refractivity contribution in [1.82, 2.24) is 0 Å². The first kappa shape index (κ1) is 23.2. The molecule has 2 nitrogen and oxygen atoms in total. The zero-order valence-electron chi connectivity index (χ0n) is 20.4. The third kappa shape index (κ3) is 4.70. The summed E-state index contributed by atoms with van der Waals surface area (Å²) >= 11 is 1.76. The molecule has 0 atom stereocenters. The number of benzene rings is 3. The van der Waals surface area contributed by atoms with Gasteiger partial charge >= 0.3 is 8.38 Å². The second-order valence-electron chi connectivity index (χ2n) is 10.7. The van der Waals surface area contributed by atoms with E-state index < -0.39 is 8.38 Å². The van der Waals surface area contributed by atoms with Crippen molar-refractivity contribution in [2.24, 2.45) is 0 Å². The van der Waals surface area contributed by atoms with Gasteiger partial charge in [0.15, 0.2) is 0 Å². The van der Waals surface area contributed by atoms with Crippen LogP contribution in [0.3, 0.4) is 0 Å². The lowest BCUT2D eigenvalue weighted by molar-refractivity contribution is 0.454. The quantitative estimate of drug-likeness (QED) is 0.337. The topological polar surface area (TPSA) is 18.5 Å². The molecule has 3 aromatic rings. The van der Waals surface area contributed by atoms with Crippen molar-refractivity contribution in [3.8, 4) is 11.5 Å². The van der Waals surface area contributed by atoms with Crippen molar-refractivity contribution in [3.63, 3.8) is 0 Å². The first-order valence-electron chi connectivity index (χ1n) is 11.1. The average molecular weight is 465 g/mol. The predicted molar refractivity (Wildman–Crippen MR) is 138 cm³/mol. The third-order valence-electron chi connectivity index (χ3n) is 5.55. The third-order valence-corrected chi connectivity index (χ3v) is 8.01. The molecule has 0 saturated carbocycles. The number of hydrogen-bond acceptors (Lipinski definition) is 3. The molecule has 0 aromatic heterocycles. The average Bonchev–Trinajstić information content (AvgIpc) is 2.67. The summed E-state index contributed by atoms with van der Waals surface area (Å²) in [5.41, 5.74) is 4.86. The maximum absolute atomic E-state index is 6.81. The molecule has 0 spiro atoms. The normalized spacial score (nSPS) is 14.5. The standard InChI is InChI=1S/C28H33O2PS/c1-18-14-21(27(3,4)5)25-23(16-18)32-24-17-19(2)15-22(28(6,7)8)26(24)30-31(29-25)20-12-10-9-11-13-20/h9-17H,1-8H3. The summed E-state index contributed by atoms with van der Waals surface area (Å²) in [6, 6.07) is 19.4. The van der Waals surface area contributed by atoms with Crippen molar-refractivity contribution in [3.05, 3.63) is 76.9 Å². The van der Waals surface area contributed by atoms with Gasteiger partial charge in [0.25, 0.3) is 0 Å². The van der Waals surface area contributed by atoms with Crippen LogP contribution in [-0.2, 0) is 10.8 Å². The van der Waals surface area contributed by atoms with E-state index in [-0.39, 0.29) is 10.8 Å². The van der Waals surface area contributed by atoms with Crippen molar-refractivity contribution in [2.75, 3.05) is 0 Å². The Balaban J connectivity index is 2.01. The Morgan fingerprint density at radius 2 is 1.09 bits per heavy atom. The number of hydrogen-bond donors (Lipinski definition) is 0. The lowest BCUT2D eigenvalue weighted by Gasteiger charge is -2.32. The monoisotopic (exact) mass is 464 g/mol. The molecule has 0 radical (unpaired) electrons. The minimum Gasteiger partial charge on any atom is -0.434 e. The van der Waals surface area contributed by atoms with E-state index >= 15 is 0 Å². The summed E-state index contributed by atoms with van der Waals surface area (Å²) in [4.78, 5) is 2.32. The van der Waals surface area contributed by atoms with E-state index in [9.17, 15) is 0 Å². The van der Waals surface area contributed by atoms with E-state index in [1.807, 2.05) is 6.07 Å². The lowest BCUT2D eigenvalue weighted by Crippen LogP contribution is -2.19. The molecular weight excluding hydrogens is 431 g/mol. The SMILES string of the molecule is Cc1cc2c(c(C(C)(C)C)c1)OP(c1ccccc1)Oc1c(cc(C)cc1C(C)(C)C)S2. The van der Waals surface area contributed by atoms with Gasteiger partial charge in [0.2, 0.25) is 0 Å². The van der Waals surface area contributed by atoms with Gasteiger partial charge in [-0.05, 0) is 60.1 Å².